The van der Waals surface area contributed by atoms with Crippen LogP contribution in [-0.4, -0.2) is 13.2 Å². The van der Waals surface area contributed by atoms with Crippen molar-refractivity contribution in [3.63, 3.8) is 0 Å². The molecule has 0 bridgehead atoms. The Labute approximate surface area is 111 Å². The SMILES string of the molecule is CCCNC1c2cccc(I)c2OCC1C. The van der Waals surface area contributed by atoms with Gasteiger partial charge in [-0.15, -0.1) is 0 Å². The molecule has 2 atom stereocenters. The van der Waals surface area contributed by atoms with Gasteiger partial charge in [0, 0.05) is 17.5 Å². The number of fused-ring (bicyclic) bond motifs is 1. The van der Waals surface area contributed by atoms with Gasteiger partial charge in [0.2, 0.25) is 0 Å². The third kappa shape index (κ3) is 2.35. The number of ether oxygens (including phenoxy) is 1. The standard InChI is InChI=1S/C13H18INO/c1-3-7-15-12-9(2)8-16-13-10(12)5-4-6-11(13)14/h4-6,9,12,15H,3,7-8H2,1-2H3. The summed E-state index contributed by atoms with van der Waals surface area (Å²) in [5, 5.41) is 3.62. The highest BCUT2D eigenvalue weighted by Crippen LogP contribution is 2.38. The lowest BCUT2D eigenvalue weighted by molar-refractivity contribution is 0.187. The van der Waals surface area contributed by atoms with Gasteiger partial charge >= 0.3 is 0 Å². The van der Waals surface area contributed by atoms with Gasteiger partial charge in [-0.1, -0.05) is 26.0 Å². The van der Waals surface area contributed by atoms with E-state index in [4.69, 9.17) is 4.74 Å². The molecule has 16 heavy (non-hydrogen) atoms. The maximum absolute atomic E-state index is 5.83. The van der Waals surface area contributed by atoms with Crippen LogP contribution in [0.5, 0.6) is 5.75 Å². The molecule has 1 aromatic rings. The van der Waals surface area contributed by atoms with Crippen LogP contribution in [0.1, 0.15) is 31.9 Å². The fourth-order valence-electron chi connectivity index (χ4n) is 2.15. The highest BCUT2D eigenvalue weighted by Gasteiger charge is 2.28. The smallest absolute Gasteiger partial charge is 0.137 e. The van der Waals surface area contributed by atoms with Crippen molar-refractivity contribution in [3.8, 4) is 5.75 Å². The Morgan fingerprint density at radius 2 is 2.31 bits per heavy atom. The van der Waals surface area contributed by atoms with Gasteiger partial charge in [-0.25, -0.2) is 0 Å². The van der Waals surface area contributed by atoms with Crippen molar-refractivity contribution in [2.75, 3.05) is 13.2 Å². The van der Waals surface area contributed by atoms with Gasteiger partial charge in [0.25, 0.3) is 0 Å². The van der Waals surface area contributed by atoms with Gasteiger partial charge in [-0.05, 0) is 41.6 Å². The van der Waals surface area contributed by atoms with E-state index in [1.807, 2.05) is 0 Å². The molecule has 1 aliphatic rings. The Kier molecular flexibility index (Phi) is 4.08. The fraction of sp³-hybridized carbons (Fsp3) is 0.538. The molecule has 0 aromatic heterocycles. The van der Waals surface area contributed by atoms with Crippen LogP contribution in [0, 0.1) is 9.49 Å². The maximum atomic E-state index is 5.83. The van der Waals surface area contributed by atoms with Crippen molar-refractivity contribution >= 4 is 22.6 Å². The van der Waals surface area contributed by atoms with Crippen molar-refractivity contribution in [1.82, 2.24) is 5.32 Å². The van der Waals surface area contributed by atoms with Gasteiger partial charge in [-0.2, -0.15) is 0 Å². The molecule has 1 N–H and O–H groups in total. The summed E-state index contributed by atoms with van der Waals surface area (Å²) in [4.78, 5) is 0. The normalized spacial score (nSPS) is 23.7. The second kappa shape index (κ2) is 5.36. The molecule has 88 valence electrons. The highest BCUT2D eigenvalue weighted by molar-refractivity contribution is 14.1. The van der Waals surface area contributed by atoms with Crippen molar-refractivity contribution < 1.29 is 4.74 Å². The van der Waals surface area contributed by atoms with Gasteiger partial charge in [-0.3, -0.25) is 0 Å². The molecule has 1 aromatic carbocycles. The summed E-state index contributed by atoms with van der Waals surface area (Å²) in [7, 11) is 0. The van der Waals surface area contributed by atoms with Crippen molar-refractivity contribution in [3.05, 3.63) is 27.3 Å². The lowest BCUT2D eigenvalue weighted by Gasteiger charge is -2.32. The topological polar surface area (TPSA) is 21.3 Å². The summed E-state index contributed by atoms with van der Waals surface area (Å²) < 4.78 is 7.04. The zero-order chi connectivity index (χ0) is 11.5. The first kappa shape index (κ1) is 12.2. The molecule has 0 spiro atoms. The summed E-state index contributed by atoms with van der Waals surface area (Å²) in [6.07, 6.45) is 1.17. The third-order valence-electron chi connectivity index (χ3n) is 3.01. The predicted octanol–water partition coefficient (Wildman–Crippen LogP) is 3.36. The molecule has 2 nitrogen and oxygen atoms in total. The Morgan fingerprint density at radius 1 is 1.50 bits per heavy atom. The van der Waals surface area contributed by atoms with Crippen LogP contribution >= 0.6 is 22.6 Å². The minimum Gasteiger partial charge on any atom is -0.492 e. The van der Waals surface area contributed by atoms with Crippen LogP contribution in [0.3, 0.4) is 0 Å². The molecule has 0 radical (unpaired) electrons. The molecule has 1 heterocycles. The first-order chi connectivity index (χ1) is 7.74. The maximum Gasteiger partial charge on any atom is 0.137 e. The minimum absolute atomic E-state index is 0.443. The Balaban J connectivity index is 2.29. The molecule has 0 saturated carbocycles. The molecule has 0 aliphatic carbocycles. The summed E-state index contributed by atoms with van der Waals surface area (Å²) in [6, 6.07) is 6.84. The highest BCUT2D eigenvalue weighted by atomic mass is 127. The number of rotatable bonds is 3. The van der Waals surface area contributed by atoms with E-state index in [-0.39, 0.29) is 0 Å². The van der Waals surface area contributed by atoms with E-state index in [2.05, 4.69) is 60.0 Å². The lowest BCUT2D eigenvalue weighted by atomic mass is 9.92. The average molecular weight is 331 g/mol. The fourth-order valence-corrected chi connectivity index (χ4v) is 2.83. The van der Waals surface area contributed by atoms with Crippen molar-refractivity contribution in [1.29, 1.82) is 0 Å². The monoisotopic (exact) mass is 331 g/mol. The summed E-state index contributed by atoms with van der Waals surface area (Å²) in [6.45, 7) is 6.33. The molecule has 2 unspecified atom stereocenters. The van der Waals surface area contributed by atoms with Crippen LogP contribution in [0.4, 0.5) is 0 Å². The van der Waals surface area contributed by atoms with Crippen molar-refractivity contribution in [2.45, 2.75) is 26.3 Å². The molecule has 1 aliphatic heterocycles. The first-order valence-electron chi connectivity index (χ1n) is 5.88. The second-order valence-corrected chi connectivity index (χ2v) is 5.54. The predicted molar refractivity (Wildman–Crippen MR) is 74.9 cm³/mol. The van der Waals surface area contributed by atoms with E-state index in [9.17, 15) is 0 Å². The number of hydrogen-bond donors (Lipinski definition) is 1. The van der Waals surface area contributed by atoms with Crippen LogP contribution in [0.15, 0.2) is 18.2 Å². The van der Waals surface area contributed by atoms with E-state index >= 15 is 0 Å². The molecular formula is C13H18INO. The molecular weight excluding hydrogens is 313 g/mol. The van der Waals surface area contributed by atoms with E-state index in [0.717, 1.165) is 18.9 Å². The number of hydrogen-bond acceptors (Lipinski definition) is 2. The lowest BCUT2D eigenvalue weighted by Crippen LogP contribution is -2.34. The number of para-hydroxylation sites is 1. The Hall–Kier alpha value is -0.290. The van der Waals surface area contributed by atoms with Gasteiger partial charge < -0.3 is 10.1 Å². The quantitative estimate of drug-likeness (QED) is 0.858. The molecule has 2 rings (SSSR count). The van der Waals surface area contributed by atoms with E-state index < -0.39 is 0 Å². The largest absolute Gasteiger partial charge is 0.492 e. The minimum atomic E-state index is 0.443. The van der Waals surface area contributed by atoms with E-state index in [0.29, 0.717) is 12.0 Å². The zero-order valence-electron chi connectivity index (χ0n) is 9.79. The zero-order valence-corrected chi connectivity index (χ0v) is 12.0. The van der Waals surface area contributed by atoms with Gasteiger partial charge in [0.15, 0.2) is 0 Å². The van der Waals surface area contributed by atoms with Crippen LogP contribution in [0.2, 0.25) is 0 Å². The number of halogens is 1. The van der Waals surface area contributed by atoms with Crippen molar-refractivity contribution in [2.24, 2.45) is 5.92 Å². The molecule has 3 heteroatoms. The molecule has 0 saturated heterocycles. The Morgan fingerprint density at radius 3 is 3.06 bits per heavy atom. The van der Waals surface area contributed by atoms with Crippen LogP contribution in [0.25, 0.3) is 0 Å². The molecule has 0 amide bonds. The summed E-state index contributed by atoms with van der Waals surface area (Å²) in [5.41, 5.74) is 1.32. The van der Waals surface area contributed by atoms with Crippen LogP contribution in [-0.2, 0) is 0 Å². The van der Waals surface area contributed by atoms with Gasteiger partial charge in [0.1, 0.15) is 5.75 Å². The third-order valence-corrected chi connectivity index (χ3v) is 3.86. The average Bonchev–Trinajstić information content (AvgIpc) is 2.28. The summed E-state index contributed by atoms with van der Waals surface area (Å²) >= 11 is 2.35. The number of nitrogens with one attached hydrogen (secondary N) is 1. The summed E-state index contributed by atoms with van der Waals surface area (Å²) in [5.74, 6) is 1.62. The van der Waals surface area contributed by atoms with Gasteiger partial charge in [0.05, 0.1) is 10.2 Å². The first-order valence-corrected chi connectivity index (χ1v) is 6.96. The van der Waals surface area contributed by atoms with E-state index in [1.54, 1.807) is 0 Å². The number of benzene rings is 1. The second-order valence-electron chi connectivity index (χ2n) is 4.38. The van der Waals surface area contributed by atoms with Crippen LogP contribution < -0.4 is 10.1 Å². The van der Waals surface area contributed by atoms with E-state index in [1.165, 1.54) is 15.6 Å². The molecule has 0 fully saturated rings. The Bertz CT molecular complexity index is 367.